The van der Waals surface area contributed by atoms with Crippen molar-refractivity contribution in [2.75, 3.05) is 20.1 Å². The molecular weight excluding hydrogens is 276 g/mol. The summed E-state index contributed by atoms with van der Waals surface area (Å²) in [5.41, 5.74) is 0.564. The minimum atomic E-state index is -0.128. The summed E-state index contributed by atoms with van der Waals surface area (Å²) < 4.78 is 0. The SMILES string of the molecule is CNC1CCN(Cc2nc3ccc(Cl)cc3c(=O)[nH]2)C1. The van der Waals surface area contributed by atoms with E-state index in [2.05, 4.69) is 20.2 Å². The van der Waals surface area contributed by atoms with Crippen molar-refractivity contribution in [1.29, 1.82) is 0 Å². The molecule has 5 nitrogen and oxygen atoms in total. The molecule has 2 heterocycles. The van der Waals surface area contributed by atoms with Crippen molar-refractivity contribution in [3.8, 4) is 0 Å². The van der Waals surface area contributed by atoms with E-state index in [9.17, 15) is 4.79 Å². The Hall–Kier alpha value is -1.43. The highest BCUT2D eigenvalue weighted by Gasteiger charge is 2.21. The van der Waals surface area contributed by atoms with Crippen LogP contribution in [0.3, 0.4) is 0 Å². The summed E-state index contributed by atoms with van der Waals surface area (Å²) in [4.78, 5) is 21.7. The Kier molecular flexibility index (Phi) is 3.74. The molecule has 1 aromatic heterocycles. The first-order valence-corrected chi connectivity index (χ1v) is 7.11. The highest BCUT2D eigenvalue weighted by atomic mass is 35.5. The fourth-order valence-electron chi connectivity index (χ4n) is 2.66. The molecule has 1 unspecified atom stereocenters. The lowest BCUT2D eigenvalue weighted by molar-refractivity contribution is 0.314. The number of likely N-dealkylation sites (N-methyl/N-ethyl adjacent to an activating group) is 1. The van der Waals surface area contributed by atoms with Gasteiger partial charge < -0.3 is 10.3 Å². The van der Waals surface area contributed by atoms with Crippen LogP contribution in [0.25, 0.3) is 10.9 Å². The van der Waals surface area contributed by atoms with Gasteiger partial charge >= 0.3 is 0 Å². The summed E-state index contributed by atoms with van der Waals surface area (Å²) in [6.45, 7) is 2.68. The first kappa shape index (κ1) is 13.5. The number of nitrogens with one attached hydrogen (secondary N) is 2. The van der Waals surface area contributed by atoms with Gasteiger partial charge in [-0.15, -0.1) is 0 Å². The van der Waals surface area contributed by atoms with Gasteiger partial charge in [-0.05, 0) is 31.7 Å². The number of hydrogen-bond acceptors (Lipinski definition) is 4. The van der Waals surface area contributed by atoms with E-state index >= 15 is 0 Å². The fraction of sp³-hybridized carbons (Fsp3) is 0.429. The maximum absolute atomic E-state index is 12.1. The molecule has 20 heavy (non-hydrogen) atoms. The van der Waals surface area contributed by atoms with Crippen LogP contribution in [0.2, 0.25) is 5.02 Å². The fourth-order valence-corrected chi connectivity index (χ4v) is 2.83. The average molecular weight is 293 g/mol. The Morgan fingerprint density at radius 2 is 2.40 bits per heavy atom. The number of aromatic nitrogens is 2. The highest BCUT2D eigenvalue weighted by molar-refractivity contribution is 6.31. The van der Waals surface area contributed by atoms with Gasteiger partial charge in [0.05, 0.1) is 17.4 Å². The molecule has 1 atom stereocenters. The lowest BCUT2D eigenvalue weighted by atomic mass is 10.2. The minimum absolute atomic E-state index is 0.128. The smallest absolute Gasteiger partial charge is 0.258 e. The zero-order chi connectivity index (χ0) is 14.1. The standard InChI is InChI=1S/C14H17ClN4O/c1-16-10-4-5-19(7-10)8-13-17-12-3-2-9(15)6-11(12)14(20)18-13/h2-3,6,10,16H,4-5,7-8H2,1H3,(H,17,18,20). The van der Waals surface area contributed by atoms with Crippen molar-refractivity contribution in [2.45, 2.75) is 19.0 Å². The van der Waals surface area contributed by atoms with Crippen molar-refractivity contribution in [2.24, 2.45) is 0 Å². The lowest BCUT2D eigenvalue weighted by Crippen LogP contribution is -2.30. The third-order valence-corrected chi connectivity index (χ3v) is 4.01. The minimum Gasteiger partial charge on any atom is -0.316 e. The largest absolute Gasteiger partial charge is 0.316 e. The summed E-state index contributed by atoms with van der Waals surface area (Å²) in [6.07, 6.45) is 1.13. The Bertz CT molecular complexity index is 684. The van der Waals surface area contributed by atoms with E-state index in [0.29, 0.717) is 34.3 Å². The molecule has 1 saturated heterocycles. The second-order valence-electron chi connectivity index (χ2n) is 5.18. The van der Waals surface area contributed by atoms with E-state index in [1.807, 2.05) is 7.05 Å². The highest BCUT2D eigenvalue weighted by Crippen LogP contribution is 2.16. The van der Waals surface area contributed by atoms with Gasteiger partial charge in [0.2, 0.25) is 0 Å². The van der Waals surface area contributed by atoms with Gasteiger partial charge in [-0.2, -0.15) is 0 Å². The second-order valence-corrected chi connectivity index (χ2v) is 5.62. The molecule has 1 aromatic carbocycles. The van der Waals surface area contributed by atoms with Crippen LogP contribution in [0, 0.1) is 0 Å². The second kappa shape index (κ2) is 5.52. The van der Waals surface area contributed by atoms with Crippen LogP contribution in [0.5, 0.6) is 0 Å². The van der Waals surface area contributed by atoms with Gasteiger partial charge in [-0.1, -0.05) is 11.6 Å². The number of hydrogen-bond donors (Lipinski definition) is 2. The number of H-pyrrole nitrogens is 1. The van der Waals surface area contributed by atoms with E-state index in [1.165, 1.54) is 0 Å². The molecule has 0 amide bonds. The van der Waals surface area contributed by atoms with Crippen LogP contribution in [0.1, 0.15) is 12.2 Å². The van der Waals surface area contributed by atoms with E-state index in [1.54, 1.807) is 18.2 Å². The average Bonchev–Trinajstić information content (AvgIpc) is 2.87. The van der Waals surface area contributed by atoms with E-state index in [0.717, 1.165) is 19.5 Å². The predicted molar refractivity (Wildman–Crippen MR) is 80.1 cm³/mol. The number of fused-ring (bicyclic) bond motifs is 1. The third kappa shape index (κ3) is 2.70. The molecule has 1 aliphatic heterocycles. The van der Waals surface area contributed by atoms with Crippen molar-refractivity contribution < 1.29 is 0 Å². The Balaban J connectivity index is 1.86. The molecule has 3 rings (SSSR count). The summed E-state index contributed by atoms with van der Waals surface area (Å²) in [5, 5.41) is 4.37. The Morgan fingerprint density at radius 3 is 3.15 bits per heavy atom. The molecular formula is C14H17ClN4O. The normalized spacial score (nSPS) is 19.8. The third-order valence-electron chi connectivity index (χ3n) is 3.77. The summed E-state index contributed by atoms with van der Waals surface area (Å²) in [6, 6.07) is 5.73. The van der Waals surface area contributed by atoms with Crippen molar-refractivity contribution in [1.82, 2.24) is 20.2 Å². The maximum Gasteiger partial charge on any atom is 0.258 e. The molecule has 0 aliphatic carbocycles. The molecule has 0 spiro atoms. The van der Waals surface area contributed by atoms with Crippen LogP contribution in [-0.4, -0.2) is 41.0 Å². The molecule has 2 N–H and O–H groups in total. The molecule has 0 radical (unpaired) electrons. The molecule has 106 valence electrons. The maximum atomic E-state index is 12.1. The van der Waals surface area contributed by atoms with Crippen LogP contribution in [0.4, 0.5) is 0 Å². The first-order chi connectivity index (χ1) is 9.65. The lowest BCUT2D eigenvalue weighted by Gasteiger charge is -2.15. The zero-order valence-electron chi connectivity index (χ0n) is 11.3. The molecule has 0 bridgehead atoms. The number of rotatable bonds is 3. The Morgan fingerprint density at radius 1 is 1.55 bits per heavy atom. The van der Waals surface area contributed by atoms with E-state index in [-0.39, 0.29) is 5.56 Å². The molecule has 6 heteroatoms. The summed E-state index contributed by atoms with van der Waals surface area (Å²) in [7, 11) is 1.98. The predicted octanol–water partition coefficient (Wildman–Crippen LogP) is 1.37. The van der Waals surface area contributed by atoms with Gasteiger partial charge in [0, 0.05) is 24.2 Å². The zero-order valence-corrected chi connectivity index (χ0v) is 12.1. The van der Waals surface area contributed by atoms with E-state index in [4.69, 9.17) is 11.6 Å². The molecule has 1 aliphatic rings. The topological polar surface area (TPSA) is 61.0 Å². The monoisotopic (exact) mass is 292 g/mol. The van der Waals surface area contributed by atoms with Gasteiger partial charge in [-0.25, -0.2) is 4.98 Å². The summed E-state index contributed by atoms with van der Waals surface area (Å²) in [5.74, 6) is 0.710. The Labute approximate surface area is 122 Å². The molecule has 2 aromatic rings. The van der Waals surface area contributed by atoms with Crippen molar-refractivity contribution >= 4 is 22.5 Å². The van der Waals surface area contributed by atoms with Gasteiger partial charge in [0.15, 0.2) is 0 Å². The van der Waals surface area contributed by atoms with Crippen LogP contribution < -0.4 is 10.9 Å². The van der Waals surface area contributed by atoms with Gasteiger partial charge in [-0.3, -0.25) is 9.69 Å². The van der Waals surface area contributed by atoms with Crippen LogP contribution >= 0.6 is 11.6 Å². The number of halogens is 1. The number of nitrogens with zero attached hydrogens (tertiary/aromatic N) is 2. The number of aromatic amines is 1. The van der Waals surface area contributed by atoms with Gasteiger partial charge in [0.25, 0.3) is 5.56 Å². The van der Waals surface area contributed by atoms with Crippen molar-refractivity contribution in [3.05, 3.63) is 39.4 Å². The number of benzene rings is 1. The van der Waals surface area contributed by atoms with Crippen LogP contribution in [-0.2, 0) is 6.54 Å². The first-order valence-electron chi connectivity index (χ1n) is 6.74. The summed E-state index contributed by atoms with van der Waals surface area (Å²) >= 11 is 5.90. The molecule has 0 saturated carbocycles. The van der Waals surface area contributed by atoms with E-state index < -0.39 is 0 Å². The quantitative estimate of drug-likeness (QED) is 0.897. The van der Waals surface area contributed by atoms with Crippen LogP contribution in [0.15, 0.2) is 23.0 Å². The number of likely N-dealkylation sites (tertiary alicyclic amines) is 1. The van der Waals surface area contributed by atoms with Gasteiger partial charge in [0.1, 0.15) is 5.82 Å². The molecule has 1 fully saturated rings. The van der Waals surface area contributed by atoms with Crippen molar-refractivity contribution in [3.63, 3.8) is 0 Å².